The van der Waals surface area contributed by atoms with Crippen LogP contribution in [-0.4, -0.2) is 18.2 Å². The van der Waals surface area contributed by atoms with E-state index in [0.29, 0.717) is 17.1 Å². The molecule has 3 N–H and O–H groups in total. The number of nitrogens with zero attached hydrogens (tertiary/aromatic N) is 2. The van der Waals surface area contributed by atoms with Gasteiger partial charge in [0, 0.05) is 18.8 Å². The lowest BCUT2D eigenvalue weighted by molar-refractivity contribution is 0.599. The van der Waals surface area contributed by atoms with E-state index in [4.69, 9.17) is 5.73 Å². The van der Waals surface area contributed by atoms with Crippen molar-refractivity contribution in [3.63, 3.8) is 0 Å². The van der Waals surface area contributed by atoms with Crippen LogP contribution in [0.15, 0.2) is 23.1 Å². The highest BCUT2D eigenvalue weighted by Gasteiger charge is 2.20. The van der Waals surface area contributed by atoms with Gasteiger partial charge in [-0.3, -0.25) is 9.40 Å². The van der Waals surface area contributed by atoms with E-state index in [2.05, 4.69) is 9.82 Å². The Labute approximate surface area is 118 Å². The maximum Gasteiger partial charge on any atom is 0.263 e. The molecule has 2 rings (SSSR count). The highest BCUT2D eigenvalue weighted by atomic mass is 32.2. The molecule has 6 nitrogen and oxygen atoms in total. The van der Waals surface area contributed by atoms with Gasteiger partial charge in [-0.2, -0.15) is 5.10 Å². The van der Waals surface area contributed by atoms with Crippen LogP contribution < -0.4 is 10.5 Å². The Hall–Kier alpha value is -2.02. The molecule has 7 heteroatoms. The number of nitrogen functional groups attached to an aromatic ring is 1. The third-order valence-electron chi connectivity index (χ3n) is 3.17. The highest BCUT2D eigenvalue weighted by molar-refractivity contribution is 7.92. The van der Waals surface area contributed by atoms with E-state index >= 15 is 0 Å². The first kappa shape index (κ1) is 14.4. The molecular formula is C13H18N4O2S. The molecule has 20 heavy (non-hydrogen) atoms. The smallest absolute Gasteiger partial charge is 0.263 e. The Kier molecular flexibility index (Phi) is 3.47. The Balaban J connectivity index is 2.49. The maximum atomic E-state index is 12.5. The lowest BCUT2D eigenvalue weighted by atomic mass is 10.1. The van der Waals surface area contributed by atoms with Crippen LogP contribution >= 0.6 is 0 Å². The van der Waals surface area contributed by atoms with Crippen LogP contribution in [0.2, 0.25) is 0 Å². The molecule has 0 aliphatic carbocycles. The highest BCUT2D eigenvalue weighted by Crippen LogP contribution is 2.24. The predicted molar refractivity (Wildman–Crippen MR) is 79.1 cm³/mol. The van der Waals surface area contributed by atoms with E-state index in [9.17, 15) is 8.42 Å². The summed E-state index contributed by atoms with van der Waals surface area (Å²) in [6, 6.07) is 4.89. The summed E-state index contributed by atoms with van der Waals surface area (Å²) >= 11 is 0. The largest absolute Gasteiger partial charge is 0.399 e. The van der Waals surface area contributed by atoms with Gasteiger partial charge in [0.2, 0.25) is 0 Å². The zero-order valence-corrected chi connectivity index (χ0v) is 12.7. The van der Waals surface area contributed by atoms with Crippen LogP contribution in [0.1, 0.15) is 16.8 Å². The summed E-state index contributed by atoms with van der Waals surface area (Å²) in [5, 5.41) is 4.11. The van der Waals surface area contributed by atoms with Gasteiger partial charge in [0.1, 0.15) is 5.82 Å². The second-order valence-electron chi connectivity index (χ2n) is 4.86. The van der Waals surface area contributed by atoms with E-state index in [0.717, 1.165) is 11.3 Å². The fourth-order valence-electron chi connectivity index (χ4n) is 2.03. The molecule has 0 saturated heterocycles. The van der Waals surface area contributed by atoms with Crippen molar-refractivity contribution in [3.8, 4) is 0 Å². The minimum Gasteiger partial charge on any atom is -0.399 e. The number of nitrogens with one attached hydrogen (secondary N) is 1. The van der Waals surface area contributed by atoms with E-state index in [1.807, 2.05) is 6.92 Å². The zero-order chi connectivity index (χ0) is 15.1. The minimum absolute atomic E-state index is 0.189. The summed E-state index contributed by atoms with van der Waals surface area (Å²) < 4.78 is 29.0. The van der Waals surface area contributed by atoms with Gasteiger partial charge in [0.05, 0.1) is 10.6 Å². The Morgan fingerprint density at radius 2 is 1.85 bits per heavy atom. The van der Waals surface area contributed by atoms with Gasteiger partial charge in [0.25, 0.3) is 10.0 Å². The van der Waals surface area contributed by atoms with Crippen molar-refractivity contribution >= 4 is 21.5 Å². The van der Waals surface area contributed by atoms with Crippen LogP contribution in [0.5, 0.6) is 0 Å². The molecule has 1 aromatic heterocycles. The van der Waals surface area contributed by atoms with Crippen molar-refractivity contribution in [2.45, 2.75) is 25.7 Å². The first-order valence-corrected chi connectivity index (χ1v) is 7.59. The maximum absolute atomic E-state index is 12.5. The topological polar surface area (TPSA) is 90.0 Å². The van der Waals surface area contributed by atoms with Crippen molar-refractivity contribution in [3.05, 3.63) is 35.0 Å². The Morgan fingerprint density at radius 1 is 1.20 bits per heavy atom. The molecule has 0 atom stereocenters. The standard InChI is InChI=1S/C13H18N4O2S/c1-8-5-11(14)7-12(10(8)3)20(18,19)16-13-6-9(2)15-17(13)4/h5-7,16H,14H2,1-4H3. The summed E-state index contributed by atoms with van der Waals surface area (Å²) in [6.45, 7) is 5.39. The number of benzene rings is 1. The van der Waals surface area contributed by atoms with Gasteiger partial charge in [-0.25, -0.2) is 8.42 Å². The fourth-order valence-corrected chi connectivity index (χ4v) is 3.46. The summed E-state index contributed by atoms with van der Waals surface area (Å²) in [5.74, 6) is 0.418. The van der Waals surface area contributed by atoms with Crippen molar-refractivity contribution in [1.29, 1.82) is 0 Å². The summed E-state index contributed by atoms with van der Waals surface area (Å²) in [4.78, 5) is 0.189. The van der Waals surface area contributed by atoms with Gasteiger partial charge in [-0.15, -0.1) is 0 Å². The molecule has 0 bridgehead atoms. The molecule has 108 valence electrons. The molecule has 1 aromatic carbocycles. The first-order chi connectivity index (χ1) is 9.20. The molecule has 0 aliphatic heterocycles. The number of aryl methyl sites for hydroxylation is 3. The second kappa shape index (κ2) is 4.82. The molecule has 0 unspecified atom stereocenters. The van der Waals surface area contributed by atoms with Crippen LogP contribution in [-0.2, 0) is 17.1 Å². The molecular weight excluding hydrogens is 276 g/mol. The van der Waals surface area contributed by atoms with Crippen LogP contribution in [0, 0.1) is 20.8 Å². The first-order valence-electron chi connectivity index (χ1n) is 6.11. The van der Waals surface area contributed by atoms with Gasteiger partial charge < -0.3 is 5.73 Å². The van der Waals surface area contributed by atoms with Crippen LogP contribution in [0.3, 0.4) is 0 Å². The molecule has 0 amide bonds. The molecule has 0 fully saturated rings. The molecule has 0 aliphatic rings. The van der Waals surface area contributed by atoms with E-state index in [1.165, 1.54) is 10.7 Å². The number of sulfonamides is 1. The van der Waals surface area contributed by atoms with E-state index < -0.39 is 10.0 Å². The molecule has 0 radical (unpaired) electrons. The number of anilines is 2. The number of hydrogen-bond donors (Lipinski definition) is 2. The lowest BCUT2D eigenvalue weighted by Crippen LogP contribution is -2.17. The number of nitrogens with two attached hydrogens (primary N) is 1. The number of rotatable bonds is 3. The van der Waals surface area contributed by atoms with E-state index in [1.54, 1.807) is 33.0 Å². The van der Waals surface area contributed by atoms with Crippen molar-refractivity contribution < 1.29 is 8.42 Å². The summed E-state index contributed by atoms with van der Waals surface area (Å²) in [7, 11) is -2.01. The number of aromatic nitrogens is 2. The fraction of sp³-hybridized carbons (Fsp3) is 0.308. The van der Waals surface area contributed by atoms with Crippen LogP contribution in [0.4, 0.5) is 11.5 Å². The van der Waals surface area contributed by atoms with Gasteiger partial charge in [0.15, 0.2) is 0 Å². The van der Waals surface area contributed by atoms with Crippen molar-refractivity contribution in [2.24, 2.45) is 7.05 Å². The monoisotopic (exact) mass is 294 g/mol. The van der Waals surface area contributed by atoms with Gasteiger partial charge in [-0.1, -0.05) is 0 Å². The average Bonchev–Trinajstić information content (AvgIpc) is 2.61. The Morgan fingerprint density at radius 3 is 2.40 bits per heavy atom. The Bertz CT molecular complexity index is 763. The number of hydrogen-bond acceptors (Lipinski definition) is 4. The summed E-state index contributed by atoms with van der Waals surface area (Å²) in [5.41, 5.74) is 8.43. The lowest BCUT2D eigenvalue weighted by Gasteiger charge is -2.12. The van der Waals surface area contributed by atoms with Crippen molar-refractivity contribution in [1.82, 2.24) is 9.78 Å². The minimum atomic E-state index is -3.69. The third-order valence-corrected chi connectivity index (χ3v) is 4.65. The molecule has 0 saturated carbocycles. The third kappa shape index (κ3) is 2.62. The van der Waals surface area contributed by atoms with Gasteiger partial charge >= 0.3 is 0 Å². The average molecular weight is 294 g/mol. The predicted octanol–water partition coefficient (Wildman–Crippen LogP) is 1.73. The molecule has 0 spiro atoms. The van der Waals surface area contributed by atoms with Gasteiger partial charge in [-0.05, 0) is 44.0 Å². The zero-order valence-electron chi connectivity index (χ0n) is 11.9. The van der Waals surface area contributed by atoms with E-state index in [-0.39, 0.29) is 4.90 Å². The second-order valence-corrected chi connectivity index (χ2v) is 6.51. The van der Waals surface area contributed by atoms with Crippen LogP contribution in [0.25, 0.3) is 0 Å². The normalized spacial score (nSPS) is 11.6. The quantitative estimate of drug-likeness (QED) is 0.844. The van der Waals surface area contributed by atoms with Crippen molar-refractivity contribution in [2.75, 3.05) is 10.5 Å². The molecule has 2 aromatic rings. The SMILES string of the molecule is Cc1cc(NS(=O)(=O)c2cc(N)cc(C)c2C)n(C)n1. The summed E-state index contributed by atoms with van der Waals surface area (Å²) in [6.07, 6.45) is 0. The molecule has 1 heterocycles.